The summed E-state index contributed by atoms with van der Waals surface area (Å²) in [5.74, 6) is 1.45. The number of para-hydroxylation sites is 2. The molecule has 0 radical (unpaired) electrons. The van der Waals surface area contributed by atoms with E-state index in [0.29, 0.717) is 11.4 Å². The quantitative estimate of drug-likeness (QED) is 0.838. The van der Waals surface area contributed by atoms with E-state index in [4.69, 9.17) is 10.5 Å². The van der Waals surface area contributed by atoms with E-state index in [1.165, 1.54) is 0 Å². The van der Waals surface area contributed by atoms with Gasteiger partial charge in [0.15, 0.2) is 5.75 Å². The minimum Gasteiger partial charge on any atom is -0.454 e. The van der Waals surface area contributed by atoms with Crippen molar-refractivity contribution in [3.8, 4) is 11.5 Å². The van der Waals surface area contributed by atoms with Crippen molar-refractivity contribution in [2.24, 2.45) is 0 Å². The van der Waals surface area contributed by atoms with E-state index in [1.54, 1.807) is 0 Å². The molecule has 0 aliphatic rings. The van der Waals surface area contributed by atoms with Gasteiger partial charge in [0, 0.05) is 0 Å². The van der Waals surface area contributed by atoms with Gasteiger partial charge < -0.3 is 10.5 Å². The van der Waals surface area contributed by atoms with Gasteiger partial charge in [0.05, 0.1) is 10.2 Å². The molecule has 0 saturated carbocycles. The fourth-order valence-corrected chi connectivity index (χ4v) is 1.75. The van der Waals surface area contributed by atoms with Crippen LogP contribution in [-0.4, -0.2) is 0 Å². The Balaban J connectivity index is 2.35. The van der Waals surface area contributed by atoms with E-state index in [2.05, 4.69) is 15.9 Å². The van der Waals surface area contributed by atoms with E-state index < -0.39 is 0 Å². The van der Waals surface area contributed by atoms with Crippen molar-refractivity contribution >= 4 is 21.6 Å². The molecule has 2 N–H and O–H groups in total. The summed E-state index contributed by atoms with van der Waals surface area (Å²) in [5, 5.41) is 0. The molecule has 0 aliphatic heterocycles. The number of anilines is 1. The fourth-order valence-electron chi connectivity index (χ4n) is 1.39. The Labute approximate surface area is 103 Å². The highest BCUT2D eigenvalue weighted by Gasteiger charge is 2.05. The third kappa shape index (κ3) is 2.19. The Morgan fingerprint density at radius 2 is 1.69 bits per heavy atom. The van der Waals surface area contributed by atoms with Gasteiger partial charge in [-0.25, -0.2) is 0 Å². The minimum absolute atomic E-state index is 0.679. The van der Waals surface area contributed by atoms with Gasteiger partial charge in [-0.3, -0.25) is 0 Å². The van der Waals surface area contributed by atoms with Gasteiger partial charge in [-0.05, 0) is 46.6 Å². The van der Waals surface area contributed by atoms with Crippen LogP contribution in [0.2, 0.25) is 0 Å². The van der Waals surface area contributed by atoms with E-state index in [1.807, 2.05) is 49.4 Å². The van der Waals surface area contributed by atoms with Crippen molar-refractivity contribution in [3.63, 3.8) is 0 Å². The lowest BCUT2D eigenvalue weighted by molar-refractivity contribution is 0.481. The number of hydrogen-bond donors (Lipinski definition) is 1. The van der Waals surface area contributed by atoms with Crippen LogP contribution in [0.5, 0.6) is 11.5 Å². The van der Waals surface area contributed by atoms with Crippen LogP contribution in [0.25, 0.3) is 0 Å². The molecule has 16 heavy (non-hydrogen) atoms. The van der Waals surface area contributed by atoms with Crippen LogP contribution in [0.15, 0.2) is 46.9 Å². The summed E-state index contributed by atoms with van der Waals surface area (Å²) in [6.45, 7) is 1.96. The number of ether oxygens (including phenoxy) is 1. The van der Waals surface area contributed by atoms with Gasteiger partial charge in [0.2, 0.25) is 0 Å². The van der Waals surface area contributed by atoms with Crippen LogP contribution in [-0.2, 0) is 0 Å². The van der Waals surface area contributed by atoms with Gasteiger partial charge in [-0.15, -0.1) is 0 Å². The summed E-state index contributed by atoms with van der Waals surface area (Å²) in [6.07, 6.45) is 0. The first-order valence-electron chi connectivity index (χ1n) is 4.96. The molecular formula is C13H12BrNO. The molecule has 0 bridgehead atoms. The number of rotatable bonds is 2. The second kappa shape index (κ2) is 4.58. The van der Waals surface area contributed by atoms with E-state index in [-0.39, 0.29) is 0 Å². The maximum Gasteiger partial charge on any atom is 0.150 e. The van der Waals surface area contributed by atoms with E-state index >= 15 is 0 Å². The van der Waals surface area contributed by atoms with E-state index in [9.17, 15) is 0 Å². The molecule has 0 fully saturated rings. The normalized spacial score (nSPS) is 10.1. The molecule has 0 saturated heterocycles. The van der Waals surface area contributed by atoms with Gasteiger partial charge >= 0.3 is 0 Å². The third-order valence-corrected chi connectivity index (χ3v) is 3.00. The Hall–Kier alpha value is -1.48. The summed E-state index contributed by atoms with van der Waals surface area (Å²) in [7, 11) is 0. The molecule has 2 rings (SSSR count). The molecule has 2 nitrogen and oxygen atoms in total. The van der Waals surface area contributed by atoms with Gasteiger partial charge in [0.1, 0.15) is 5.75 Å². The number of nitrogen functional groups attached to an aromatic ring is 1. The van der Waals surface area contributed by atoms with Crippen LogP contribution < -0.4 is 10.5 Å². The molecular weight excluding hydrogens is 266 g/mol. The van der Waals surface area contributed by atoms with Crippen LogP contribution >= 0.6 is 15.9 Å². The first-order chi connectivity index (χ1) is 7.68. The number of aryl methyl sites for hydroxylation is 1. The van der Waals surface area contributed by atoms with E-state index in [0.717, 1.165) is 15.8 Å². The Morgan fingerprint density at radius 3 is 2.44 bits per heavy atom. The highest BCUT2D eigenvalue weighted by molar-refractivity contribution is 9.10. The predicted octanol–water partition coefficient (Wildman–Crippen LogP) is 4.13. The van der Waals surface area contributed by atoms with Gasteiger partial charge in [-0.2, -0.15) is 0 Å². The summed E-state index contributed by atoms with van der Waals surface area (Å²) in [4.78, 5) is 0. The second-order valence-corrected chi connectivity index (χ2v) is 4.37. The summed E-state index contributed by atoms with van der Waals surface area (Å²) >= 11 is 3.43. The lowest BCUT2D eigenvalue weighted by Gasteiger charge is -2.11. The Bertz CT molecular complexity index is 511. The smallest absolute Gasteiger partial charge is 0.150 e. The maximum atomic E-state index is 5.94. The standard InChI is InChI=1S/C13H12BrNO/c1-9-5-4-8-12(13(9)15)16-11-7-3-2-6-10(11)14/h2-8H,15H2,1H3. The first kappa shape index (κ1) is 11.0. The predicted molar refractivity (Wildman–Crippen MR) is 69.8 cm³/mol. The minimum atomic E-state index is 0.679. The second-order valence-electron chi connectivity index (χ2n) is 3.52. The molecule has 0 atom stereocenters. The van der Waals surface area contributed by atoms with Gasteiger partial charge in [0.25, 0.3) is 0 Å². The van der Waals surface area contributed by atoms with Crippen LogP contribution in [0, 0.1) is 6.92 Å². The van der Waals surface area contributed by atoms with Crippen molar-refractivity contribution in [2.45, 2.75) is 6.92 Å². The van der Waals surface area contributed by atoms with Crippen molar-refractivity contribution in [1.82, 2.24) is 0 Å². The molecule has 0 spiro atoms. The Kier molecular flexibility index (Phi) is 3.15. The lowest BCUT2D eigenvalue weighted by atomic mass is 10.2. The zero-order chi connectivity index (χ0) is 11.5. The lowest BCUT2D eigenvalue weighted by Crippen LogP contribution is -1.94. The first-order valence-corrected chi connectivity index (χ1v) is 5.75. The largest absolute Gasteiger partial charge is 0.454 e. The van der Waals surface area contributed by atoms with Gasteiger partial charge in [-0.1, -0.05) is 24.3 Å². The molecule has 82 valence electrons. The monoisotopic (exact) mass is 277 g/mol. The van der Waals surface area contributed by atoms with Crippen molar-refractivity contribution in [2.75, 3.05) is 5.73 Å². The number of benzene rings is 2. The zero-order valence-corrected chi connectivity index (χ0v) is 10.5. The molecule has 0 amide bonds. The molecule has 0 aromatic heterocycles. The van der Waals surface area contributed by atoms with Crippen LogP contribution in [0.3, 0.4) is 0 Å². The van der Waals surface area contributed by atoms with Crippen molar-refractivity contribution < 1.29 is 4.74 Å². The zero-order valence-electron chi connectivity index (χ0n) is 8.91. The average Bonchev–Trinajstić information content (AvgIpc) is 2.28. The highest BCUT2D eigenvalue weighted by atomic mass is 79.9. The van der Waals surface area contributed by atoms with Crippen LogP contribution in [0.4, 0.5) is 5.69 Å². The summed E-state index contributed by atoms with van der Waals surface area (Å²) in [6, 6.07) is 13.4. The molecule has 0 heterocycles. The fraction of sp³-hybridized carbons (Fsp3) is 0.0769. The molecule has 3 heteroatoms. The molecule has 0 unspecified atom stereocenters. The number of halogens is 1. The number of nitrogens with two attached hydrogens (primary N) is 1. The highest BCUT2D eigenvalue weighted by Crippen LogP contribution is 2.33. The summed E-state index contributed by atoms with van der Waals surface area (Å²) < 4.78 is 6.66. The van der Waals surface area contributed by atoms with Crippen LogP contribution in [0.1, 0.15) is 5.56 Å². The SMILES string of the molecule is Cc1cccc(Oc2ccccc2Br)c1N. The average molecular weight is 278 g/mol. The maximum absolute atomic E-state index is 5.94. The third-order valence-electron chi connectivity index (χ3n) is 2.34. The molecule has 0 aliphatic carbocycles. The summed E-state index contributed by atoms with van der Waals surface area (Å²) in [5.41, 5.74) is 7.64. The topological polar surface area (TPSA) is 35.2 Å². The molecule has 2 aromatic carbocycles. The molecule has 2 aromatic rings. The number of hydrogen-bond acceptors (Lipinski definition) is 2. The Morgan fingerprint density at radius 1 is 1.00 bits per heavy atom. The van der Waals surface area contributed by atoms with Crippen molar-refractivity contribution in [3.05, 3.63) is 52.5 Å². The van der Waals surface area contributed by atoms with Crippen molar-refractivity contribution in [1.29, 1.82) is 0 Å².